The number of nitrogens with zero attached hydrogens (tertiary/aromatic N) is 2. The highest BCUT2D eigenvalue weighted by Crippen LogP contribution is 2.29. The minimum absolute atomic E-state index is 0.108. The first-order valence-electron chi connectivity index (χ1n) is 7.59. The number of aromatic nitrogens is 2. The van der Waals surface area contributed by atoms with Gasteiger partial charge in [-0.2, -0.15) is 0 Å². The summed E-state index contributed by atoms with van der Waals surface area (Å²) in [5, 5.41) is 14.7. The highest BCUT2D eigenvalue weighted by atomic mass is 35.5. The van der Waals surface area contributed by atoms with Crippen LogP contribution >= 0.6 is 11.6 Å². The smallest absolute Gasteiger partial charge is 0.272 e. The number of carbonyl (C=O) groups excluding carboxylic acids is 1. The van der Waals surface area contributed by atoms with Crippen LogP contribution in [0.3, 0.4) is 0 Å². The molecule has 0 saturated carbocycles. The van der Waals surface area contributed by atoms with Crippen LogP contribution in [0.25, 0.3) is 0 Å². The minimum Gasteiger partial charge on any atom is -0.348 e. The van der Waals surface area contributed by atoms with Crippen LogP contribution in [0.4, 0.5) is 11.5 Å². The van der Waals surface area contributed by atoms with E-state index in [1.54, 1.807) is 12.1 Å². The van der Waals surface area contributed by atoms with E-state index in [9.17, 15) is 4.79 Å². The predicted molar refractivity (Wildman–Crippen MR) is 93.5 cm³/mol. The van der Waals surface area contributed by atoms with Crippen LogP contribution in [0.15, 0.2) is 24.3 Å². The standard InChI is InChI=1S/C17H21ClN4O/c1-5-12(4)19-17(23)14-6-7-15(22-21-14)20-16-11(3)8-10(2)9-13(16)18/h6-9,12H,5H2,1-4H3,(H,19,23)(H,20,22). The fraction of sp³-hybridized carbons (Fsp3) is 0.353. The van der Waals surface area contributed by atoms with Crippen molar-refractivity contribution in [1.82, 2.24) is 15.5 Å². The predicted octanol–water partition coefficient (Wildman–Crippen LogP) is 4.02. The van der Waals surface area contributed by atoms with Crippen LogP contribution in [-0.2, 0) is 0 Å². The Morgan fingerprint density at radius 1 is 1.26 bits per heavy atom. The Labute approximate surface area is 141 Å². The lowest BCUT2D eigenvalue weighted by Crippen LogP contribution is -2.32. The summed E-state index contributed by atoms with van der Waals surface area (Å²) in [7, 11) is 0. The normalized spacial score (nSPS) is 11.9. The molecule has 2 aromatic rings. The zero-order valence-electron chi connectivity index (χ0n) is 13.8. The second-order valence-electron chi connectivity index (χ2n) is 5.65. The number of hydrogen-bond donors (Lipinski definition) is 2. The van der Waals surface area contributed by atoms with Gasteiger partial charge in [-0.15, -0.1) is 10.2 Å². The molecule has 1 aromatic heterocycles. The fourth-order valence-electron chi connectivity index (χ4n) is 2.12. The van der Waals surface area contributed by atoms with Crippen LogP contribution < -0.4 is 10.6 Å². The Morgan fingerprint density at radius 2 is 2.00 bits per heavy atom. The quantitative estimate of drug-likeness (QED) is 0.867. The highest BCUT2D eigenvalue weighted by molar-refractivity contribution is 6.33. The van der Waals surface area contributed by atoms with Gasteiger partial charge in [0.05, 0.1) is 10.7 Å². The lowest BCUT2D eigenvalue weighted by Gasteiger charge is -2.12. The van der Waals surface area contributed by atoms with Crippen molar-refractivity contribution in [3.8, 4) is 0 Å². The van der Waals surface area contributed by atoms with Crippen molar-refractivity contribution in [2.24, 2.45) is 0 Å². The molecule has 1 unspecified atom stereocenters. The van der Waals surface area contributed by atoms with Gasteiger partial charge >= 0.3 is 0 Å². The van der Waals surface area contributed by atoms with Crippen LogP contribution in [-0.4, -0.2) is 22.1 Å². The molecule has 2 rings (SSSR count). The van der Waals surface area contributed by atoms with E-state index in [4.69, 9.17) is 11.6 Å². The summed E-state index contributed by atoms with van der Waals surface area (Å²) in [5.74, 6) is 0.321. The largest absolute Gasteiger partial charge is 0.348 e. The Kier molecular flexibility index (Phi) is 5.55. The molecule has 0 aliphatic rings. The van der Waals surface area contributed by atoms with E-state index in [0.29, 0.717) is 16.5 Å². The molecule has 122 valence electrons. The molecule has 5 nitrogen and oxygen atoms in total. The number of halogens is 1. The molecular weight excluding hydrogens is 312 g/mol. The van der Waals surface area contributed by atoms with E-state index in [1.807, 2.05) is 39.8 Å². The van der Waals surface area contributed by atoms with Gasteiger partial charge in [0.2, 0.25) is 0 Å². The van der Waals surface area contributed by atoms with Gasteiger partial charge in [0.25, 0.3) is 5.91 Å². The number of benzene rings is 1. The SMILES string of the molecule is CCC(C)NC(=O)c1ccc(Nc2c(C)cc(C)cc2Cl)nn1. The second-order valence-corrected chi connectivity index (χ2v) is 6.06. The second kappa shape index (κ2) is 7.42. The molecule has 1 amide bonds. The Bertz CT molecular complexity index is 677. The molecule has 1 aromatic carbocycles. The summed E-state index contributed by atoms with van der Waals surface area (Å²) in [6, 6.07) is 7.39. The number of carbonyl (C=O) groups is 1. The minimum atomic E-state index is -0.219. The van der Waals surface area contributed by atoms with E-state index in [0.717, 1.165) is 23.2 Å². The summed E-state index contributed by atoms with van der Waals surface area (Å²) in [6.45, 7) is 7.93. The maximum absolute atomic E-state index is 12.0. The lowest BCUT2D eigenvalue weighted by atomic mass is 10.1. The molecule has 0 spiro atoms. The van der Waals surface area contributed by atoms with Gasteiger partial charge in [-0.3, -0.25) is 4.79 Å². The third-order valence-electron chi connectivity index (χ3n) is 3.57. The van der Waals surface area contributed by atoms with E-state index >= 15 is 0 Å². The number of nitrogens with one attached hydrogen (secondary N) is 2. The molecule has 23 heavy (non-hydrogen) atoms. The molecule has 0 saturated heterocycles. The zero-order valence-corrected chi connectivity index (χ0v) is 14.5. The molecule has 0 aliphatic carbocycles. The van der Waals surface area contributed by atoms with Crippen molar-refractivity contribution >= 4 is 29.0 Å². The first-order chi connectivity index (χ1) is 10.9. The number of amides is 1. The maximum atomic E-state index is 12.0. The first-order valence-corrected chi connectivity index (χ1v) is 7.97. The van der Waals surface area contributed by atoms with Crippen LogP contribution in [0.5, 0.6) is 0 Å². The van der Waals surface area contributed by atoms with Gasteiger partial charge in [-0.25, -0.2) is 0 Å². The Morgan fingerprint density at radius 3 is 2.57 bits per heavy atom. The molecule has 2 N–H and O–H groups in total. The lowest BCUT2D eigenvalue weighted by molar-refractivity contribution is 0.0933. The van der Waals surface area contributed by atoms with E-state index in [1.165, 1.54) is 0 Å². The molecule has 0 radical (unpaired) electrons. The van der Waals surface area contributed by atoms with Crippen molar-refractivity contribution in [2.75, 3.05) is 5.32 Å². The van der Waals surface area contributed by atoms with E-state index in [-0.39, 0.29) is 11.9 Å². The van der Waals surface area contributed by atoms with Gasteiger partial charge in [0.1, 0.15) is 0 Å². The highest BCUT2D eigenvalue weighted by Gasteiger charge is 2.11. The zero-order chi connectivity index (χ0) is 17.0. The number of hydrogen-bond acceptors (Lipinski definition) is 4. The molecule has 0 bridgehead atoms. The van der Waals surface area contributed by atoms with Crippen molar-refractivity contribution in [2.45, 2.75) is 40.2 Å². The average molecular weight is 333 g/mol. The van der Waals surface area contributed by atoms with Crippen LogP contribution in [0.2, 0.25) is 5.02 Å². The summed E-state index contributed by atoms with van der Waals surface area (Å²) in [6.07, 6.45) is 0.865. The van der Waals surface area contributed by atoms with Gasteiger partial charge in [-0.1, -0.05) is 24.6 Å². The van der Waals surface area contributed by atoms with Crippen molar-refractivity contribution < 1.29 is 4.79 Å². The average Bonchev–Trinajstić information content (AvgIpc) is 2.51. The number of rotatable bonds is 5. The number of anilines is 2. The van der Waals surface area contributed by atoms with Crippen molar-refractivity contribution in [3.63, 3.8) is 0 Å². The first kappa shape index (κ1) is 17.2. The van der Waals surface area contributed by atoms with Crippen LogP contribution in [0.1, 0.15) is 41.9 Å². The Balaban J connectivity index is 2.13. The third-order valence-corrected chi connectivity index (χ3v) is 3.87. The summed E-state index contributed by atoms with van der Waals surface area (Å²) in [5.41, 5.74) is 3.21. The molecule has 0 fully saturated rings. The maximum Gasteiger partial charge on any atom is 0.272 e. The summed E-state index contributed by atoms with van der Waals surface area (Å²) < 4.78 is 0. The topological polar surface area (TPSA) is 66.9 Å². The number of aryl methyl sites for hydroxylation is 2. The summed E-state index contributed by atoms with van der Waals surface area (Å²) >= 11 is 6.26. The van der Waals surface area contributed by atoms with Crippen molar-refractivity contribution in [1.29, 1.82) is 0 Å². The van der Waals surface area contributed by atoms with Crippen LogP contribution in [0, 0.1) is 13.8 Å². The van der Waals surface area contributed by atoms with Gasteiger partial charge in [0, 0.05) is 6.04 Å². The molecule has 6 heteroatoms. The molecule has 1 heterocycles. The monoisotopic (exact) mass is 332 g/mol. The summed E-state index contributed by atoms with van der Waals surface area (Å²) in [4.78, 5) is 12.0. The van der Waals surface area contributed by atoms with E-state index < -0.39 is 0 Å². The van der Waals surface area contributed by atoms with Gasteiger partial charge in [0.15, 0.2) is 11.5 Å². The Hall–Kier alpha value is -2.14. The molecule has 1 atom stereocenters. The fourth-order valence-corrected chi connectivity index (χ4v) is 2.49. The van der Waals surface area contributed by atoms with Crippen molar-refractivity contribution in [3.05, 3.63) is 46.1 Å². The molecular formula is C17H21ClN4O. The van der Waals surface area contributed by atoms with Gasteiger partial charge < -0.3 is 10.6 Å². The third kappa shape index (κ3) is 4.42. The van der Waals surface area contributed by atoms with Gasteiger partial charge in [-0.05, 0) is 56.5 Å². The molecule has 0 aliphatic heterocycles. The van der Waals surface area contributed by atoms with E-state index in [2.05, 4.69) is 20.8 Å².